The van der Waals surface area contributed by atoms with Crippen molar-refractivity contribution in [1.29, 1.82) is 5.26 Å². The van der Waals surface area contributed by atoms with Crippen LogP contribution in [-0.2, 0) is 10.0 Å². The maximum Gasteiger partial charge on any atom is 0.240 e. The highest BCUT2D eigenvalue weighted by atomic mass is 32.2. The summed E-state index contributed by atoms with van der Waals surface area (Å²) in [5.74, 6) is 0.754. The fourth-order valence-electron chi connectivity index (χ4n) is 2.95. The summed E-state index contributed by atoms with van der Waals surface area (Å²) in [6, 6.07) is 9.79. The molecule has 1 aromatic heterocycles. The van der Waals surface area contributed by atoms with E-state index in [2.05, 4.69) is 24.5 Å². The van der Waals surface area contributed by atoms with Crippen LogP contribution in [0.3, 0.4) is 0 Å². The predicted molar refractivity (Wildman–Crippen MR) is 102 cm³/mol. The SMILES string of the molecule is N#Cc1cccc(S(=O)(=O)NCCCN2CCN(c3ncccn3)CC2)c1. The third kappa shape index (κ3) is 5.23. The number of nitrogens with zero attached hydrogens (tertiary/aromatic N) is 5. The summed E-state index contributed by atoms with van der Waals surface area (Å²) in [5.41, 5.74) is 0.332. The number of aromatic nitrogens is 2. The van der Waals surface area contributed by atoms with Crippen LogP contribution in [0.1, 0.15) is 12.0 Å². The van der Waals surface area contributed by atoms with Gasteiger partial charge in [0.2, 0.25) is 16.0 Å². The van der Waals surface area contributed by atoms with Gasteiger partial charge in [-0.15, -0.1) is 0 Å². The van der Waals surface area contributed by atoms with Crippen molar-refractivity contribution in [2.75, 3.05) is 44.2 Å². The fourth-order valence-corrected chi connectivity index (χ4v) is 4.07. The monoisotopic (exact) mass is 386 g/mol. The molecule has 2 heterocycles. The van der Waals surface area contributed by atoms with Crippen molar-refractivity contribution in [2.24, 2.45) is 0 Å². The summed E-state index contributed by atoms with van der Waals surface area (Å²) < 4.78 is 27.2. The minimum Gasteiger partial charge on any atom is -0.338 e. The Hall–Kier alpha value is -2.54. The van der Waals surface area contributed by atoms with Gasteiger partial charge in [0.15, 0.2) is 0 Å². The minimum atomic E-state index is -3.59. The van der Waals surface area contributed by atoms with E-state index in [0.29, 0.717) is 12.1 Å². The topological polar surface area (TPSA) is 102 Å². The van der Waals surface area contributed by atoms with E-state index < -0.39 is 10.0 Å². The molecular weight excluding hydrogens is 364 g/mol. The first-order valence-electron chi connectivity index (χ1n) is 8.83. The van der Waals surface area contributed by atoms with Crippen LogP contribution in [0.25, 0.3) is 0 Å². The van der Waals surface area contributed by atoms with Gasteiger partial charge in [-0.3, -0.25) is 4.90 Å². The smallest absolute Gasteiger partial charge is 0.240 e. The number of anilines is 1. The second-order valence-electron chi connectivity index (χ2n) is 6.27. The van der Waals surface area contributed by atoms with Crippen LogP contribution >= 0.6 is 0 Å². The molecule has 27 heavy (non-hydrogen) atoms. The highest BCUT2D eigenvalue weighted by Crippen LogP contribution is 2.12. The van der Waals surface area contributed by atoms with Gasteiger partial charge in [-0.2, -0.15) is 5.26 Å². The summed E-state index contributed by atoms with van der Waals surface area (Å²) in [7, 11) is -3.59. The summed E-state index contributed by atoms with van der Waals surface area (Å²) in [6.07, 6.45) is 4.21. The molecule has 0 spiro atoms. The van der Waals surface area contributed by atoms with E-state index in [1.165, 1.54) is 12.1 Å². The molecular formula is C18H22N6O2S. The van der Waals surface area contributed by atoms with Crippen molar-refractivity contribution in [3.8, 4) is 6.07 Å². The van der Waals surface area contributed by atoms with Crippen LogP contribution in [0.2, 0.25) is 0 Å². The lowest BCUT2D eigenvalue weighted by Gasteiger charge is -2.34. The van der Waals surface area contributed by atoms with E-state index in [-0.39, 0.29) is 4.90 Å². The second-order valence-corrected chi connectivity index (χ2v) is 8.04. The zero-order valence-electron chi connectivity index (χ0n) is 15.0. The number of rotatable bonds is 7. The van der Waals surface area contributed by atoms with Crippen molar-refractivity contribution >= 4 is 16.0 Å². The van der Waals surface area contributed by atoms with E-state index in [1.54, 1.807) is 30.6 Å². The van der Waals surface area contributed by atoms with Crippen molar-refractivity contribution in [3.63, 3.8) is 0 Å². The van der Waals surface area contributed by atoms with Gasteiger partial charge < -0.3 is 4.90 Å². The third-order valence-corrected chi connectivity index (χ3v) is 5.88. The van der Waals surface area contributed by atoms with Crippen LogP contribution in [0, 0.1) is 11.3 Å². The van der Waals surface area contributed by atoms with E-state index in [0.717, 1.165) is 45.1 Å². The Kier molecular flexibility index (Phi) is 6.34. The number of benzene rings is 1. The summed E-state index contributed by atoms with van der Waals surface area (Å²) in [4.78, 5) is 13.1. The number of sulfonamides is 1. The Labute approximate surface area is 159 Å². The number of nitrogens with one attached hydrogen (secondary N) is 1. The first-order chi connectivity index (χ1) is 13.1. The van der Waals surface area contributed by atoms with Crippen LogP contribution in [0.15, 0.2) is 47.6 Å². The van der Waals surface area contributed by atoms with Crippen molar-refractivity contribution < 1.29 is 8.42 Å². The number of nitriles is 1. The number of hydrogen-bond donors (Lipinski definition) is 1. The molecule has 3 rings (SSSR count). The zero-order chi connectivity index (χ0) is 19.1. The summed E-state index contributed by atoms with van der Waals surface area (Å²) in [5, 5.41) is 8.90. The number of hydrogen-bond acceptors (Lipinski definition) is 7. The van der Waals surface area contributed by atoms with Crippen molar-refractivity contribution in [3.05, 3.63) is 48.3 Å². The molecule has 0 unspecified atom stereocenters. The molecule has 0 saturated carbocycles. The highest BCUT2D eigenvalue weighted by molar-refractivity contribution is 7.89. The van der Waals surface area contributed by atoms with Gasteiger partial charge in [-0.25, -0.2) is 23.1 Å². The Morgan fingerprint density at radius 3 is 2.56 bits per heavy atom. The normalized spacial score (nSPS) is 15.4. The van der Waals surface area contributed by atoms with E-state index >= 15 is 0 Å². The molecule has 0 bridgehead atoms. The largest absolute Gasteiger partial charge is 0.338 e. The Morgan fingerprint density at radius 1 is 1.11 bits per heavy atom. The average molecular weight is 386 g/mol. The minimum absolute atomic E-state index is 0.123. The summed E-state index contributed by atoms with van der Waals surface area (Å²) in [6.45, 7) is 4.70. The quantitative estimate of drug-likeness (QED) is 0.704. The summed E-state index contributed by atoms with van der Waals surface area (Å²) >= 11 is 0. The first kappa shape index (κ1) is 19.2. The van der Waals surface area contributed by atoms with Crippen molar-refractivity contribution in [1.82, 2.24) is 19.6 Å². The van der Waals surface area contributed by atoms with Crippen LogP contribution in [-0.4, -0.2) is 62.6 Å². The first-order valence-corrected chi connectivity index (χ1v) is 10.3. The van der Waals surface area contributed by atoms with E-state index in [9.17, 15) is 8.42 Å². The molecule has 1 aromatic carbocycles. The molecule has 0 aliphatic carbocycles. The zero-order valence-corrected chi connectivity index (χ0v) is 15.8. The van der Waals surface area contributed by atoms with Gasteiger partial charge in [-0.1, -0.05) is 6.07 Å². The molecule has 8 nitrogen and oxygen atoms in total. The molecule has 9 heteroatoms. The average Bonchev–Trinajstić information content (AvgIpc) is 2.72. The molecule has 0 amide bonds. The fraction of sp³-hybridized carbons (Fsp3) is 0.389. The van der Waals surface area contributed by atoms with Crippen LogP contribution in [0.5, 0.6) is 0 Å². The predicted octanol–water partition coefficient (Wildman–Crippen LogP) is 0.839. The van der Waals surface area contributed by atoms with E-state index in [1.807, 2.05) is 6.07 Å². The maximum absolute atomic E-state index is 12.3. The lowest BCUT2D eigenvalue weighted by atomic mass is 10.2. The standard InChI is InChI=1S/C18H22N6O2S/c19-15-16-4-1-5-17(14-16)27(25,26)22-8-3-9-23-10-12-24(13-11-23)18-20-6-2-7-21-18/h1-2,4-7,14,22H,3,8-13H2. The van der Waals surface area contributed by atoms with Gasteiger partial charge in [0.1, 0.15) is 0 Å². The molecule has 0 radical (unpaired) electrons. The van der Waals surface area contributed by atoms with Gasteiger partial charge in [0.25, 0.3) is 0 Å². The molecule has 1 aliphatic heterocycles. The molecule has 2 aromatic rings. The van der Waals surface area contributed by atoms with Gasteiger partial charge in [-0.05, 0) is 37.2 Å². The Balaban J connectivity index is 1.41. The van der Waals surface area contributed by atoms with E-state index in [4.69, 9.17) is 5.26 Å². The Morgan fingerprint density at radius 2 is 1.85 bits per heavy atom. The molecule has 1 saturated heterocycles. The Bertz CT molecular complexity index is 890. The van der Waals surface area contributed by atoms with Crippen molar-refractivity contribution in [2.45, 2.75) is 11.3 Å². The molecule has 1 fully saturated rings. The van der Waals surface area contributed by atoms with Crippen LogP contribution < -0.4 is 9.62 Å². The third-order valence-electron chi connectivity index (χ3n) is 4.42. The maximum atomic E-state index is 12.3. The lowest BCUT2D eigenvalue weighted by molar-refractivity contribution is 0.254. The lowest BCUT2D eigenvalue weighted by Crippen LogP contribution is -2.47. The molecule has 1 N–H and O–H groups in total. The molecule has 0 atom stereocenters. The number of piperazine rings is 1. The van der Waals surface area contributed by atoms with Gasteiger partial charge >= 0.3 is 0 Å². The highest BCUT2D eigenvalue weighted by Gasteiger charge is 2.19. The van der Waals surface area contributed by atoms with Crippen LogP contribution in [0.4, 0.5) is 5.95 Å². The molecule has 1 aliphatic rings. The van der Waals surface area contributed by atoms with Gasteiger partial charge in [0.05, 0.1) is 16.5 Å². The second kappa shape index (κ2) is 8.90. The van der Waals surface area contributed by atoms with Gasteiger partial charge in [0, 0.05) is 45.1 Å². The molecule has 142 valence electrons.